The molecule has 0 nitrogen and oxygen atoms in total. The molecule has 3 rings (SSSR count). The number of halogens is 1. The summed E-state index contributed by atoms with van der Waals surface area (Å²) in [5.74, 6) is 0. The number of benzene rings is 1. The molecule has 1 aromatic carbocycles. The highest BCUT2D eigenvalue weighted by Crippen LogP contribution is 2.53. The van der Waals surface area contributed by atoms with Crippen LogP contribution in [0.5, 0.6) is 0 Å². The lowest BCUT2D eigenvalue weighted by molar-refractivity contribution is 0.380. The monoisotopic (exact) mass is 236 g/mol. The zero-order valence-electron chi connectivity index (χ0n) is 7.65. The smallest absolute Gasteiger partial charge is 0.0210 e. The van der Waals surface area contributed by atoms with Crippen molar-refractivity contribution in [3.05, 3.63) is 33.8 Å². The van der Waals surface area contributed by atoms with Gasteiger partial charge in [-0.05, 0) is 41.9 Å². The lowest BCUT2D eigenvalue weighted by Crippen LogP contribution is -2.36. The maximum atomic E-state index is 3.63. The molecule has 68 valence electrons. The molecule has 0 amide bonds. The van der Waals surface area contributed by atoms with Crippen LogP contribution >= 0.6 is 15.9 Å². The number of fused-ring (bicyclic) bond motifs is 2. The molecule has 0 saturated heterocycles. The molecule has 1 heteroatoms. The number of hydrogen-bond donors (Lipinski definition) is 0. The third-order valence-corrected chi connectivity index (χ3v) is 4.51. The van der Waals surface area contributed by atoms with E-state index in [9.17, 15) is 0 Å². The van der Waals surface area contributed by atoms with E-state index >= 15 is 0 Å². The van der Waals surface area contributed by atoms with Gasteiger partial charge in [0.1, 0.15) is 0 Å². The Morgan fingerprint density at radius 2 is 1.92 bits per heavy atom. The normalized spacial score (nSPS) is 22.8. The Kier molecular flexibility index (Phi) is 1.61. The Morgan fingerprint density at radius 3 is 2.69 bits per heavy atom. The van der Waals surface area contributed by atoms with Crippen molar-refractivity contribution in [1.29, 1.82) is 0 Å². The third kappa shape index (κ3) is 0.969. The van der Waals surface area contributed by atoms with Crippen molar-refractivity contribution in [2.24, 2.45) is 0 Å². The average Bonchev–Trinajstić information content (AvgIpc) is 2.58. The lowest BCUT2D eigenvalue weighted by atomic mass is 9.63. The Labute approximate surface area is 87.5 Å². The molecular formula is C12H13Br. The summed E-state index contributed by atoms with van der Waals surface area (Å²) in [6.45, 7) is 0. The summed E-state index contributed by atoms with van der Waals surface area (Å²) >= 11 is 3.63. The van der Waals surface area contributed by atoms with Gasteiger partial charge in [-0.1, -0.05) is 40.9 Å². The van der Waals surface area contributed by atoms with Crippen LogP contribution < -0.4 is 0 Å². The van der Waals surface area contributed by atoms with Gasteiger partial charge in [0, 0.05) is 4.47 Å². The summed E-state index contributed by atoms with van der Waals surface area (Å²) in [6, 6.07) is 6.68. The van der Waals surface area contributed by atoms with Crippen molar-refractivity contribution in [2.45, 2.75) is 37.5 Å². The first-order valence-corrected chi connectivity index (χ1v) is 5.89. The predicted octanol–water partition coefficient (Wildman–Crippen LogP) is 3.82. The van der Waals surface area contributed by atoms with Crippen molar-refractivity contribution in [1.82, 2.24) is 0 Å². The Morgan fingerprint density at radius 1 is 1.15 bits per heavy atom. The fraction of sp³-hybridized carbons (Fsp3) is 0.500. The van der Waals surface area contributed by atoms with Crippen LogP contribution in [0.1, 0.15) is 36.8 Å². The lowest BCUT2D eigenvalue weighted by Gasteiger charge is -2.42. The number of rotatable bonds is 0. The summed E-state index contributed by atoms with van der Waals surface area (Å²) in [4.78, 5) is 0. The molecule has 1 aromatic rings. The molecule has 13 heavy (non-hydrogen) atoms. The van der Waals surface area contributed by atoms with Crippen molar-refractivity contribution in [3.8, 4) is 0 Å². The fourth-order valence-electron chi connectivity index (χ4n) is 3.06. The van der Waals surface area contributed by atoms with Gasteiger partial charge < -0.3 is 0 Å². The average molecular weight is 237 g/mol. The van der Waals surface area contributed by atoms with E-state index in [2.05, 4.69) is 34.1 Å². The van der Waals surface area contributed by atoms with Crippen LogP contribution in [0.3, 0.4) is 0 Å². The van der Waals surface area contributed by atoms with Gasteiger partial charge in [0.2, 0.25) is 0 Å². The van der Waals surface area contributed by atoms with Gasteiger partial charge in [0.25, 0.3) is 0 Å². The van der Waals surface area contributed by atoms with Crippen LogP contribution in [0.2, 0.25) is 0 Å². The maximum absolute atomic E-state index is 3.63. The molecule has 1 spiro atoms. The fourth-order valence-corrected chi connectivity index (χ4v) is 3.57. The topological polar surface area (TPSA) is 0 Å². The minimum atomic E-state index is 0.610. The summed E-state index contributed by atoms with van der Waals surface area (Å²) in [5, 5.41) is 0. The molecule has 0 radical (unpaired) electrons. The molecule has 1 saturated carbocycles. The minimum absolute atomic E-state index is 0.610. The summed E-state index contributed by atoms with van der Waals surface area (Å²) < 4.78 is 1.32. The van der Waals surface area contributed by atoms with E-state index in [1.54, 1.807) is 11.1 Å². The molecule has 0 unspecified atom stereocenters. The Balaban J connectivity index is 2.09. The first-order chi connectivity index (χ1) is 6.32. The van der Waals surface area contributed by atoms with Crippen molar-refractivity contribution in [3.63, 3.8) is 0 Å². The van der Waals surface area contributed by atoms with Gasteiger partial charge in [0.05, 0.1) is 0 Å². The highest BCUT2D eigenvalue weighted by Gasteiger charge is 2.44. The van der Waals surface area contributed by atoms with Crippen molar-refractivity contribution >= 4 is 15.9 Å². The predicted molar refractivity (Wildman–Crippen MR) is 58.0 cm³/mol. The van der Waals surface area contributed by atoms with Crippen LogP contribution in [0.15, 0.2) is 22.7 Å². The second kappa shape index (κ2) is 2.60. The molecule has 0 aliphatic heterocycles. The van der Waals surface area contributed by atoms with E-state index < -0.39 is 0 Å². The zero-order valence-corrected chi connectivity index (χ0v) is 9.23. The van der Waals surface area contributed by atoms with Crippen LogP contribution in [-0.2, 0) is 11.8 Å². The highest BCUT2D eigenvalue weighted by molar-refractivity contribution is 9.10. The quantitative estimate of drug-likeness (QED) is 0.643. The summed E-state index contributed by atoms with van der Waals surface area (Å²) in [5.41, 5.74) is 3.82. The number of hydrogen-bond acceptors (Lipinski definition) is 0. The Bertz CT molecular complexity index is 348. The zero-order chi connectivity index (χ0) is 8.89. The second-order valence-electron chi connectivity index (χ2n) is 4.43. The van der Waals surface area contributed by atoms with Crippen LogP contribution in [-0.4, -0.2) is 0 Å². The van der Waals surface area contributed by atoms with Crippen LogP contribution in [0, 0.1) is 0 Å². The summed E-state index contributed by atoms with van der Waals surface area (Å²) in [7, 11) is 0. The van der Waals surface area contributed by atoms with E-state index in [0.717, 1.165) is 0 Å². The molecule has 0 N–H and O–H groups in total. The van der Waals surface area contributed by atoms with Gasteiger partial charge in [-0.25, -0.2) is 0 Å². The minimum Gasteiger partial charge on any atom is -0.0608 e. The van der Waals surface area contributed by atoms with Crippen molar-refractivity contribution in [2.75, 3.05) is 0 Å². The molecule has 2 aliphatic carbocycles. The third-order valence-electron chi connectivity index (χ3n) is 3.77. The largest absolute Gasteiger partial charge is 0.0608 e. The van der Waals surface area contributed by atoms with E-state index in [1.165, 1.54) is 36.6 Å². The molecule has 0 heterocycles. The van der Waals surface area contributed by atoms with E-state index in [0.29, 0.717) is 5.41 Å². The van der Waals surface area contributed by atoms with Gasteiger partial charge in [0.15, 0.2) is 0 Å². The van der Waals surface area contributed by atoms with E-state index in [4.69, 9.17) is 0 Å². The van der Waals surface area contributed by atoms with Crippen LogP contribution in [0.25, 0.3) is 0 Å². The highest BCUT2D eigenvalue weighted by atomic mass is 79.9. The first-order valence-electron chi connectivity index (χ1n) is 5.10. The standard InChI is InChI=1S/C12H13Br/c13-11-5-3-4-10-9(11)8-12(10)6-1-2-7-12/h3-5H,1-2,6-8H2. The van der Waals surface area contributed by atoms with Crippen molar-refractivity contribution < 1.29 is 0 Å². The maximum Gasteiger partial charge on any atom is 0.0210 e. The molecular weight excluding hydrogens is 224 g/mol. The van der Waals surface area contributed by atoms with Crippen LogP contribution in [0.4, 0.5) is 0 Å². The second-order valence-corrected chi connectivity index (χ2v) is 5.28. The van der Waals surface area contributed by atoms with E-state index in [-0.39, 0.29) is 0 Å². The SMILES string of the molecule is Brc1cccc2c1CC21CCCC1. The summed E-state index contributed by atoms with van der Waals surface area (Å²) in [6.07, 6.45) is 7.05. The molecule has 2 aliphatic rings. The molecule has 0 aromatic heterocycles. The van der Waals surface area contributed by atoms with E-state index in [1.807, 2.05) is 0 Å². The van der Waals surface area contributed by atoms with Gasteiger partial charge in [-0.2, -0.15) is 0 Å². The molecule has 0 bridgehead atoms. The molecule has 0 atom stereocenters. The van der Waals surface area contributed by atoms with Gasteiger partial charge >= 0.3 is 0 Å². The first kappa shape index (κ1) is 8.05. The molecule has 1 fully saturated rings. The van der Waals surface area contributed by atoms with Gasteiger partial charge in [-0.15, -0.1) is 0 Å². The van der Waals surface area contributed by atoms with Gasteiger partial charge in [-0.3, -0.25) is 0 Å². The Hall–Kier alpha value is -0.300.